The molecule has 1 aromatic heterocycles. The quantitative estimate of drug-likeness (QED) is 0.932. The van der Waals surface area contributed by atoms with Gasteiger partial charge in [0.25, 0.3) is 0 Å². The summed E-state index contributed by atoms with van der Waals surface area (Å²) in [6.45, 7) is 4.94. The molecule has 2 N–H and O–H groups in total. The minimum atomic E-state index is 0.680. The lowest BCUT2D eigenvalue weighted by Crippen LogP contribution is -2.35. The molecule has 1 aromatic rings. The fourth-order valence-electron chi connectivity index (χ4n) is 2.35. The molecule has 2 heterocycles. The predicted molar refractivity (Wildman–Crippen MR) is 77.9 cm³/mol. The second-order valence-corrected chi connectivity index (χ2v) is 5.65. The lowest BCUT2D eigenvalue weighted by molar-refractivity contribution is 0.139. The Labute approximate surface area is 117 Å². The van der Waals surface area contributed by atoms with Crippen LogP contribution in [0.25, 0.3) is 0 Å². The van der Waals surface area contributed by atoms with E-state index in [1.807, 2.05) is 6.92 Å². The second-order valence-electron chi connectivity index (χ2n) is 4.86. The van der Waals surface area contributed by atoms with Crippen LogP contribution in [0, 0.1) is 12.8 Å². The summed E-state index contributed by atoms with van der Waals surface area (Å²) in [4.78, 5) is 6.78. The molecular formula is C13H20BrN3O. The van der Waals surface area contributed by atoms with Gasteiger partial charge in [-0.3, -0.25) is 0 Å². The zero-order chi connectivity index (χ0) is 13.1. The van der Waals surface area contributed by atoms with Gasteiger partial charge in [-0.1, -0.05) is 0 Å². The first-order valence-corrected chi connectivity index (χ1v) is 7.07. The Morgan fingerprint density at radius 1 is 1.50 bits per heavy atom. The highest BCUT2D eigenvalue weighted by molar-refractivity contribution is 9.10. The molecule has 0 unspecified atom stereocenters. The molecule has 1 saturated heterocycles. The largest absolute Gasteiger partial charge is 0.397 e. The van der Waals surface area contributed by atoms with Crippen molar-refractivity contribution < 1.29 is 4.74 Å². The minimum absolute atomic E-state index is 0.680. The predicted octanol–water partition coefficient (Wildman–Crippen LogP) is 2.60. The number of anilines is 2. The molecule has 4 nitrogen and oxygen atoms in total. The molecule has 0 amide bonds. The molecule has 0 aromatic carbocycles. The van der Waals surface area contributed by atoms with Gasteiger partial charge in [0.2, 0.25) is 0 Å². The van der Waals surface area contributed by atoms with Crippen LogP contribution in [0.4, 0.5) is 11.5 Å². The van der Waals surface area contributed by atoms with Gasteiger partial charge < -0.3 is 15.4 Å². The normalized spacial score (nSPS) is 17.2. The highest BCUT2D eigenvalue weighted by Gasteiger charge is 2.22. The standard InChI is InChI=1S/C13H20BrN3O/c1-9-11(15)7-16-13(12(9)14)17-5-3-10(4-6-17)8-18-2/h7,10H,3-6,8,15H2,1-2H3. The van der Waals surface area contributed by atoms with Gasteiger partial charge in [0.1, 0.15) is 5.82 Å². The Balaban J connectivity index is 2.08. The van der Waals surface area contributed by atoms with Crippen LogP contribution in [0.2, 0.25) is 0 Å². The van der Waals surface area contributed by atoms with E-state index in [4.69, 9.17) is 10.5 Å². The number of hydrogen-bond acceptors (Lipinski definition) is 4. The lowest BCUT2D eigenvalue weighted by Gasteiger charge is -2.33. The Kier molecular flexibility index (Phi) is 4.45. The number of hydrogen-bond donors (Lipinski definition) is 1. The van der Waals surface area contributed by atoms with Crippen LogP contribution in [0.5, 0.6) is 0 Å². The first-order chi connectivity index (χ1) is 8.63. The zero-order valence-electron chi connectivity index (χ0n) is 10.9. The molecular weight excluding hydrogens is 294 g/mol. The van der Waals surface area contributed by atoms with Crippen molar-refractivity contribution in [2.45, 2.75) is 19.8 Å². The third kappa shape index (κ3) is 2.78. The van der Waals surface area contributed by atoms with Crippen molar-refractivity contribution in [1.82, 2.24) is 4.98 Å². The van der Waals surface area contributed by atoms with Gasteiger partial charge in [0.15, 0.2) is 0 Å². The third-order valence-corrected chi connectivity index (χ3v) is 4.55. The third-order valence-electron chi connectivity index (χ3n) is 3.60. The van der Waals surface area contributed by atoms with Gasteiger partial charge in [-0.15, -0.1) is 0 Å². The summed E-state index contributed by atoms with van der Waals surface area (Å²) in [5.41, 5.74) is 7.66. The number of nitrogens with two attached hydrogens (primary N) is 1. The van der Waals surface area contributed by atoms with E-state index in [1.165, 1.54) is 0 Å². The van der Waals surface area contributed by atoms with E-state index in [9.17, 15) is 0 Å². The van der Waals surface area contributed by atoms with Gasteiger partial charge in [0.05, 0.1) is 16.4 Å². The number of piperidine rings is 1. The van der Waals surface area contributed by atoms with E-state index in [0.29, 0.717) is 5.92 Å². The molecule has 100 valence electrons. The molecule has 0 radical (unpaired) electrons. The van der Waals surface area contributed by atoms with Crippen molar-refractivity contribution in [1.29, 1.82) is 0 Å². The number of nitrogens with zero attached hydrogens (tertiary/aromatic N) is 2. The van der Waals surface area contributed by atoms with Gasteiger partial charge in [-0.25, -0.2) is 4.98 Å². The van der Waals surface area contributed by atoms with E-state index in [1.54, 1.807) is 13.3 Å². The van der Waals surface area contributed by atoms with Crippen molar-refractivity contribution in [2.75, 3.05) is 37.4 Å². The summed E-state index contributed by atoms with van der Waals surface area (Å²) in [6, 6.07) is 0. The number of aromatic nitrogens is 1. The Hall–Kier alpha value is -0.810. The Morgan fingerprint density at radius 3 is 2.78 bits per heavy atom. The highest BCUT2D eigenvalue weighted by Crippen LogP contribution is 2.32. The monoisotopic (exact) mass is 313 g/mol. The van der Waals surface area contributed by atoms with Gasteiger partial charge in [0, 0.05) is 26.8 Å². The van der Waals surface area contributed by atoms with Crippen LogP contribution in [0.15, 0.2) is 10.7 Å². The molecule has 1 fully saturated rings. The van der Waals surface area contributed by atoms with E-state index in [0.717, 1.165) is 54.1 Å². The average molecular weight is 314 g/mol. The maximum absolute atomic E-state index is 5.85. The number of halogens is 1. The summed E-state index contributed by atoms with van der Waals surface area (Å²) in [7, 11) is 1.77. The van der Waals surface area contributed by atoms with Crippen molar-refractivity contribution >= 4 is 27.4 Å². The second kappa shape index (κ2) is 5.89. The van der Waals surface area contributed by atoms with Crippen LogP contribution in [-0.4, -0.2) is 31.8 Å². The first-order valence-electron chi connectivity index (χ1n) is 6.28. The van der Waals surface area contributed by atoms with Crippen LogP contribution >= 0.6 is 15.9 Å². The van der Waals surface area contributed by atoms with Crippen molar-refractivity contribution in [3.05, 3.63) is 16.2 Å². The van der Waals surface area contributed by atoms with Crippen molar-refractivity contribution in [3.63, 3.8) is 0 Å². The Morgan fingerprint density at radius 2 is 2.17 bits per heavy atom. The summed E-state index contributed by atoms with van der Waals surface area (Å²) in [5, 5.41) is 0. The lowest BCUT2D eigenvalue weighted by atomic mass is 9.98. The van der Waals surface area contributed by atoms with Crippen LogP contribution in [0.3, 0.4) is 0 Å². The maximum Gasteiger partial charge on any atom is 0.143 e. The number of pyridine rings is 1. The number of ether oxygens (including phenoxy) is 1. The Bertz CT molecular complexity index is 417. The average Bonchev–Trinajstić information content (AvgIpc) is 2.38. The van der Waals surface area contributed by atoms with Crippen LogP contribution in [0.1, 0.15) is 18.4 Å². The van der Waals surface area contributed by atoms with Gasteiger partial charge in [-0.2, -0.15) is 0 Å². The summed E-state index contributed by atoms with van der Waals surface area (Å²) in [6.07, 6.45) is 4.06. The van der Waals surface area contributed by atoms with Gasteiger partial charge >= 0.3 is 0 Å². The number of rotatable bonds is 3. The van der Waals surface area contributed by atoms with Crippen molar-refractivity contribution in [2.24, 2.45) is 5.92 Å². The smallest absolute Gasteiger partial charge is 0.143 e. The summed E-state index contributed by atoms with van der Waals surface area (Å²) < 4.78 is 6.24. The molecule has 0 spiro atoms. The molecule has 0 bridgehead atoms. The number of nitrogen functional groups attached to an aromatic ring is 1. The summed E-state index contributed by atoms with van der Waals surface area (Å²) in [5.74, 6) is 1.69. The topological polar surface area (TPSA) is 51.4 Å². The fourth-order valence-corrected chi connectivity index (χ4v) is 2.93. The van der Waals surface area contributed by atoms with Crippen molar-refractivity contribution in [3.8, 4) is 0 Å². The fraction of sp³-hybridized carbons (Fsp3) is 0.615. The summed E-state index contributed by atoms with van der Waals surface area (Å²) >= 11 is 3.60. The molecule has 0 atom stereocenters. The molecule has 1 aliphatic rings. The van der Waals surface area contributed by atoms with E-state index in [-0.39, 0.29) is 0 Å². The van der Waals surface area contributed by atoms with E-state index >= 15 is 0 Å². The first kappa shape index (κ1) is 13.6. The zero-order valence-corrected chi connectivity index (χ0v) is 12.5. The molecule has 18 heavy (non-hydrogen) atoms. The van der Waals surface area contributed by atoms with Crippen LogP contribution < -0.4 is 10.6 Å². The molecule has 5 heteroatoms. The molecule has 2 rings (SSSR count). The SMILES string of the molecule is COCC1CCN(c2ncc(N)c(C)c2Br)CC1. The highest BCUT2D eigenvalue weighted by atomic mass is 79.9. The maximum atomic E-state index is 5.85. The van der Waals surface area contributed by atoms with Gasteiger partial charge in [-0.05, 0) is 47.2 Å². The molecule has 1 aliphatic heterocycles. The van der Waals surface area contributed by atoms with Crippen LogP contribution in [-0.2, 0) is 4.74 Å². The number of methoxy groups -OCH3 is 1. The van der Waals surface area contributed by atoms with E-state index in [2.05, 4.69) is 25.8 Å². The minimum Gasteiger partial charge on any atom is -0.397 e. The molecule has 0 saturated carbocycles. The molecule has 0 aliphatic carbocycles. The van der Waals surface area contributed by atoms with E-state index < -0.39 is 0 Å².